The predicted molar refractivity (Wildman–Crippen MR) is 130 cm³/mol. The summed E-state index contributed by atoms with van der Waals surface area (Å²) in [6.45, 7) is 0.856. The summed E-state index contributed by atoms with van der Waals surface area (Å²) >= 11 is 0. The van der Waals surface area contributed by atoms with Crippen LogP contribution >= 0.6 is 0 Å². The number of aromatic nitrogens is 4. The van der Waals surface area contributed by atoms with Crippen LogP contribution in [0.25, 0.3) is 5.65 Å². The molecule has 4 heterocycles. The monoisotopic (exact) mass is 521 g/mol. The molecule has 0 saturated heterocycles. The number of nitrogens with one attached hydrogen (secondary N) is 3. The molecule has 1 aliphatic rings. The summed E-state index contributed by atoms with van der Waals surface area (Å²) in [5, 5.41) is 12.2. The van der Waals surface area contributed by atoms with Crippen molar-refractivity contribution in [3.05, 3.63) is 83.1 Å². The molecular weight excluding hydrogens is 500 g/mol. The fourth-order valence-corrected chi connectivity index (χ4v) is 3.77. The maximum Gasteiger partial charge on any atom is 0.286 e. The molecule has 4 aromatic rings. The van der Waals surface area contributed by atoms with Crippen molar-refractivity contribution in [2.24, 2.45) is 0 Å². The number of ether oxygens (including phenoxy) is 1. The summed E-state index contributed by atoms with van der Waals surface area (Å²) in [6, 6.07) is 10.7. The van der Waals surface area contributed by atoms with E-state index in [0.717, 1.165) is 6.92 Å². The van der Waals surface area contributed by atoms with E-state index in [4.69, 9.17) is 4.74 Å². The Bertz CT molecular complexity index is 1550. The maximum atomic E-state index is 13.4. The van der Waals surface area contributed by atoms with Crippen molar-refractivity contribution < 1.29 is 27.9 Å². The number of halogens is 2. The van der Waals surface area contributed by atoms with Crippen molar-refractivity contribution in [1.82, 2.24) is 30.2 Å². The van der Waals surface area contributed by atoms with Gasteiger partial charge in [-0.1, -0.05) is 12.1 Å². The van der Waals surface area contributed by atoms with Gasteiger partial charge in [-0.15, -0.1) is 0 Å². The van der Waals surface area contributed by atoms with Crippen LogP contribution in [0.15, 0.2) is 54.9 Å². The minimum absolute atomic E-state index is 0.00561. The molecular formula is C25H21F2N7O4. The van der Waals surface area contributed by atoms with Crippen LogP contribution in [0.3, 0.4) is 0 Å². The van der Waals surface area contributed by atoms with Crippen molar-refractivity contribution in [2.45, 2.75) is 25.9 Å². The Balaban J connectivity index is 1.28. The Morgan fingerprint density at radius 1 is 1.08 bits per heavy atom. The molecule has 0 fully saturated rings. The Hall–Kier alpha value is -4.94. The largest absolute Gasteiger partial charge is 0.482 e. The number of alkyl halides is 2. The third-order valence-electron chi connectivity index (χ3n) is 5.68. The zero-order valence-electron chi connectivity index (χ0n) is 20.0. The normalized spacial score (nSPS) is 12.9. The quantitative estimate of drug-likeness (QED) is 0.339. The third kappa shape index (κ3) is 5.26. The number of hydrogen-bond donors (Lipinski definition) is 3. The van der Waals surface area contributed by atoms with Crippen LogP contribution in [0.2, 0.25) is 0 Å². The van der Waals surface area contributed by atoms with Crippen LogP contribution in [0.1, 0.15) is 44.7 Å². The Morgan fingerprint density at radius 3 is 2.61 bits per heavy atom. The second kappa shape index (κ2) is 9.84. The van der Waals surface area contributed by atoms with Crippen LogP contribution in [0.5, 0.6) is 5.75 Å². The number of hydrogen-bond acceptors (Lipinski definition) is 7. The highest BCUT2D eigenvalue weighted by Crippen LogP contribution is 2.28. The summed E-state index contributed by atoms with van der Waals surface area (Å²) in [4.78, 5) is 45.4. The summed E-state index contributed by atoms with van der Waals surface area (Å²) in [5.74, 6) is -3.87. The van der Waals surface area contributed by atoms with E-state index in [-0.39, 0.29) is 48.3 Å². The number of benzene rings is 1. The molecule has 0 saturated carbocycles. The first-order valence-corrected chi connectivity index (χ1v) is 11.5. The molecule has 194 valence electrons. The zero-order chi connectivity index (χ0) is 26.9. The number of fused-ring (bicyclic) bond motifs is 2. The predicted octanol–water partition coefficient (Wildman–Crippen LogP) is 2.43. The lowest BCUT2D eigenvalue weighted by Crippen LogP contribution is -2.29. The molecule has 13 heteroatoms. The van der Waals surface area contributed by atoms with E-state index in [1.54, 1.807) is 24.3 Å². The number of amides is 3. The molecule has 0 atom stereocenters. The lowest BCUT2D eigenvalue weighted by Gasteiger charge is -2.18. The molecule has 1 aromatic carbocycles. The highest BCUT2D eigenvalue weighted by atomic mass is 19.3. The van der Waals surface area contributed by atoms with Gasteiger partial charge in [0.15, 0.2) is 12.3 Å². The fraction of sp³-hybridized carbons (Fsp3) is 0.200. The molecule has 38 heavy (non-hydrogen) atoms. The van der Waals surface area contributed by atoms with E-state index in [0.29, 0.717) is 22.6 Å². The minimum atomic E-state index is -3.06. The van der Waals surface area contributed by atoms with Gasteiger partial charge >= 0.3 is 0 Å². The van der Waals surface area contributed by atoms with Gasteiger partial charge in [0, 0.05) is 38.3 Å². The Labute approximate surface area is 214 Å². The van der Waals surface area contributed by atoms with Crippen molar-refractivity contribution in [3.63, 3.8) is 0 Å². The maximum absolute atomic E-state index is 13.4. The fourth-order valence-electron chi connectivity index (χ4n) is 3.77. The molecule has 1 aliphatic heterocycles. The van der Waals surface area contributed by atoms with Crippen LogP contribution in [-0.2, 0) is 23.8 Å². The van der Waals surface area contributed by atoms with Crippen LogP contribution < -0.4 is 20.7 Å². The van der Waals surface area contributed by atoms with Gasteiger partial charge in [0.1, 0.15) is 22.8 Å². The average molecular weight is 521 g/mol. The minimum Gasteiger partial charge on any atom is -0.482 e. The van der Waals surface area contributed by atoms with Crippen molar-refractivity contribution >= 4 is 29.1 Å². The molecule has 0 bridgehead atoms. The highest BCUT2D eigenvalue weighted by molar-refractivity contribution is 5.98. The van der Waals surface area contributed by atoms with E-state index in [1.807, 2.05) is 0 Å². The van der Waals surface area contributed by atoms with Gasteiger partial charge in [-0.2, -0.15) is 13.9 Å². The molecule has 3 aromatic heterocycles. The molecule has 0 spiro atoms. The van der Waals surface area contributed by atoms with E-state index >= 15 is 0 Å². The number of anilines is 1. The topological polar surface area (TPSA) is 140 Å². The number of rotatable bonds is 7. The van der Waals surface area contributed by atoms with E-state index in [2.05, 4.69) is 31.0 Å². The van der Waals surface area contributed by atoms with Crippen LogP contribution in [0.4, 0.5) is 14.5 Å². The molecule has 3 N–H and O–H groups in total. The number of nitrogens with zero attached hydrogens (tertiary/aromatic N) is 4. The SMILES string of the molecule is CC(F)(F)c1ccc(CNC(=O)c2cc(C(=O)NCc3ccc4c(c3)NC(=O)CO4)nc3ccnn23)cn1. The molecule has 0 aliphatic carbocycles. The third-order valence-corrected chi connectivity index (χ3v) is 5.68. The highest BCUT2D eigenvalue weighted by Gasteiger charge is 2.25. The molecule has 0 radical (unpaired) electrons. The number of carbonyl (C=O) groups excluding carboxylic acids is 3. The lowest BCUT2D eigenvalue weighted by molar-refractivity contribution is -0.118. The van der Waals surface area contributed by atoms with Gasteiger partial charge in [0.25, 0.3) is 23.6 Å². The second-order valence-corrected chi connectivity index (χ2v) is 8.60. The van der Waals surface area contributed by atoms with Gasteiger partial charge in [0.05, 0.1) is 11.9 Å². The van der Waals surface area contributed by atoms with Crippen LogP contribution in [-0.4, -0.2) is 43.9 Å². The van der Waals surface area contributed by atoms with E-state index < -0.39 is 17.7 Å². The summed E-state index contributed by atoms with van der Waals surface area (Å²) in [7, 11) is 0. The molecule has 3 amide bonds. The number of carbonyl (C=O) groups is 3. The van der Waals surface area contributed by atoms with Gasteiger partial charge in [-0.3, -0.25) is 19.4 Å². The Morgan fingerprint density at radius 2 is 1.84 bits per heavy atom. The van der Waals surface area contributed by atoms with Gasteiger partial charge in [-0.05, 0) is 29.3 Å². The molecule has 0 unspecified atom stereocenters. The van der Waals surface area contributed by atoms with Gasteiger partial charge in [-0.25, -0.2) is 9.50 Å². The first-order chi connectivity index (χ1) is 18.2. The summed E-state index contributed by atoms with van der Waals surface area (Å²) in [6.07, 6.45) is 2.71. The lowest BCUT2D eigenvalue weighted by atomic mass is 10.1. The van der Waals surface area contributed by atoms with Crippen molar-refractivity contribution in [3.8, 4) is 5.75 Å². The van der Waals surface area contributed by atoms with E-state index in [1.165, 1.54) is 35.1 Å². The average Bonchev–Trinajstić information content (AvgIpc) is 3.38. The van der Waals surface area contributed by atoms with Crippen molar-refractivity contribution in [2.75, 3.05) is 11.9 Å². The van der Waals surface area contributed by atoms with Gasteiger partial charge in [0.2, 0.25) is 0 Å². The number of pyridine rings is 1. The first-order valence-electron chi connectivity index (χ1n) is 11.5. The zero-order valence-corrected chi connectivity index (χ0v) is 20.0. The standard InChI is InChI=1S/C25H21F2N7O4/c1-25(26,27)20-5-3-15(11-28-20)12-30-24(37)18-9-17(32-21-6-7-31-34(18)21)23(36)29-10-14-2-4-19-16(8-14)33-22(35)13-38-19/h2-9,11H,10,12-13H2,1H3,(H,29,36)(H,30,37)(H,33,35). The van der Waals surface area contributed by atoms with Crippen molar-refractivity contribution in [1.29, 1.82) is 0 Å². The Kier molecular flexibility index (Phi) is 6.41. The van der Waals surface area contributed by atoms with Crippen LogP contribution in [0, 0.1) is 0 Å². The smallest absolute Gasteiger partial charge is 0.286 e. The first kappa shape index (κ1) is 24.7. The summed E-state index contributed by atoms with van der Waals surface area (Å²) < 4.78 is 33.4. The molecule has 11 nitrogen and oxygen atoms in total. The summed E-state index contributed by atoms with van der Waals surface area (Å²) in [5.41, 5.74) is 1.71. The second-order valence-electron chi connectivity index (χ2n) is 8.60. The van der Waals surface area contributed by atoms with Gasteiger partial charge < -0.3 is 20.7 Å². The molecule has 5 rings (SSSR count). The van der Waals surface area contributed by atoms with E-state index in [9.17, 15) is 23.2 Å².